The SMILES string of the molecule is CC(C)CN(C(=O)C(=O)Nc1ccn2ccnc2c1)[C@H](C)C1=Cc2nc(C3CC4(C3)CN(C)C4)sc2CC1. The maximum Gasteiger partial charge on any atom is 0.313 e. The first-order valence-corrected chi connectivity index (χ1v) is 14.4. The standard InChI is InChI=1S/C29H36N6O2S/c1-18(2)15-35(28(37)26(36)31-22-7-9-34-10-8-30-25(34)12-22)19(3)20-5-6-24-23(11-20)32-27(38-24)21-13-29(14-21)16-33(4)17-29/h7-12,18-19,21H,5-6,13-17H2,1-4H3,(H,31,36)/t19-/m1/s1. The second kappa shape index (κ2) is 9.61. The monoisotopic (exact) mass is 532 g/mol. The van der Waals surface area contributed by atoms with E-state index < -0.39 is 11.8 Å². The molecule has 8 nitrogen and oxygen atoms in total. The minimum absolute atomic E-state index is 0.179. The normalized spacial score (nSPS) is 19.6. The predicted octanol–water partition coefficient (Wildman–Crippen LogP) is 4.44. The molecule has 3 aliphatic rings. The van der Waals surface area contributed by atoms with Gasteiger partial charge in [0.15, 0.2) is 0 Å². The molecule has 1 atom stereocenters. The molecule has 9 heteroatoms. The van der Waals surface area contributed by atoms with Gasteiger partial charge in [0.25, 0.3) is 0 Å². The van der Waals surface area contributed by atoms with Crippen molar-refractivity contribution in [2.75, 3.05) is 32.0 Å². The number of hydrogen-bond donors (Lipinski definition) is 1. The minimum Gasteiger partial charge on any atom is -0.328 e. The van der Waals surface area contributed by atoms with Crippen LogP contribution >= 0.6 is 11.3 Å². The van der Waals surface area contributed by atoms with Gasteiger partial charge in [-0.05, 0) is 68.7 Å². The highest BCUT2D eigenvalue weighted by Crippen LogP contribution is 2.56. The van der Waals surface area contributed by atoms with Crippen LogP contribution in [0.2, 0.25) is 0 Å². The van der Waals surface area contributed by atoms with Crippen LogP contribution in [0.25, 0.3) is 11.7 Å². The summed E-state index contributed by atoms with van der Waals surface area (Å²) >= 11 is 1.88. The van der Waals surface area contributed by atoms with Gasteiger partial charge in [-0.2, -0.15) is 0 Å². The third kappa shape index (κ3) is 4.66. The van der Waals surface area contributed by atoms with Crippen LogP contribution in [0.4, 0.5) is 5.69 Å². The van der Waals surface area contributed by atoms with E-state index in [1.165, 1.54) is 41.4 Å². The minimum atomic E-state index is -0.623. The number of aryl methyl sites for hydroxylation is 1. The lowest BCUT2D eigenvalue weighted by Gasteiger charge is -2.58. The van der Waals surface area contributed by atoms with E-state index >= 15 is 0 Å². The smallest absolute Gasteiger partial charge is 0.313 e. The number of rotatable bonds is 6. The van der Waals surface area contributed by atoms with Crippen molar-refractivity contribution in [2.24, 2.45) is 11.3 Å². The Labute approximate surface area is 227 Å². The Morgan fingerprint density at radius 2 is 2.00 bits per heavy atom. The summed E-state index contributed by atoms with van der Waals surface area (Å²) in [5.41, 5.74) is 4.05. The number of nitrogens with one attached hydrogen (secondary N) is 1. The van der Waals surface area contributed by atoms with E-state index in [1.807, 2.05) is 35.1 Å². The zero-order valence-corrected chi connectivity index (χ0v) is 23.4. The molecule has 1 saturated heterocycles. The van der Waals surface area contributed by atoms with Crippen LogP contribution in [0.15, 0.2) is 36.3 Å². The zero-order chi connectivity index (χ0) is 26.6. The molecule has 200 valence electrons. The highest BCUT2D eigenvalue weighted by molar-refractivity contribution is 7.12. The Balaban J connectivity index is 1.16. The van der Waals surface area contributed by atoms with Crippen LogP contribution in [0, 0.1) is 11.3 Å². The molecule has 0 aromatic carbocycles. The Hall–Kier alpha value is -3.04. The number of pyridine rings is 1. The highest BCUT2D eigenvalue weighted by Gasteiger charge is 2.52. The number of likely N-dealkylation sites (tertiary alicyclic amines) is 1. The fourth-order valence-corrected chi connectivity index (χ4v) is 7.66. The van der Waals surface area contributed by atoms with Crippen molar-refractivity contribution in [3.8, 4) is 0 Å². The van der Waals surface area contributed by atoms with Crippen molar-refractivity contribution >= 4 is 40.6 Å². The van der Waals surface area contributed by atoms with Crippen LogP contribution in [0.1, 0.15) is 61.5 Å². The lowest BCUT2D eigenvalue weighted by atomic mass is 9.58. The van der Waals surface area contributed by atoms with E-state index in [9.17, 15) is 9.59 Å². The third-order valence-electron chi connectivity index (χ3n) is 8.30. The summed E-state index contributed by atoms with van der Waals surface area (Å²) in [5.74, 6) is -0.303. The Morgan fingerprint density at radius 1 is 1.21 bits per heavy atom. The summed E-state index contributed by atoms with van der Waals surface area (Å²) in [5, 5.41) is 4.06. The van der Waals surface area contributed by atoms with Crippen molar-refractivity contribution in [3.63, 3.8) is 0 Å². The molecule has 1 spiro atoms. The molecule has 4 heterocycles. The lowest BCUT2D eigenvalue weighted by molar-refractivity contribution is -0.144. The van der Waals surface area contributed by atoms with Gasteiger partial charge in [0, 0.05) is 60.8 Å². The van der Waals surface area contributed by atoms with Crippen molar-refractivity contribution in [1.82, 2.24) is 24.2 Å². The third-order valence-corrected chi connectivity index (χ3v) is 9.60. The first-order chi connectivity index (χ1) is 18.2. The van der Waals surface area contributed by atoms with Gasteiger partial charge in [0.1, 0.15) is 5.65 Å². The molecule has 6 rings (SSSR count). The van der Waals surface area contributed by atoms with Gasteiger partial charge in [0.2, 0.25) is 0 Å². The van der Waals surface area contributed by atoms with Gasteiger partial charge in [-0.3, -0.25) is 9.59 Å². The van der Waals surface area contributed by atoms with Gasteiger partial charge in [-0.1, -0.05) is 13.8 Å². The molecule has 38 heavy (non-hydrogen) atoms. The molecular weight excluding hydrogens is 496 g/mol. The Kier molecular flexibility index (Phi) is 6.39. The summed E-state index contributed by atoms with van der Waals surface area (Å²) < 4.78 is 1.85. The van der Waals surface area contributed by atoms with Gasteiger partial charge in [-0.25, -0.2) is 9.97 Å². The summed E-state index contributed by atoms with van der Waals surface area (Å²) in [7, 11) is 2.20. The first kappa shape index (κ1) is 25.2. The topological polar surface area (TPSA) is 82.8 Å². The number of thiazole rings is 1. The first-order valence-electron chi connectivity index (χ1n) is 13.6. The van der Waals surface area contributed by atoms with Crippen molar-refractivity contribution in [1.29, 1.82) is 0 Å². The molecule has 3 aromatic rings. The largest absolute Gasteiger partial charge is 0.328 e. The van der Waals surface area contributed by atoms with E-state index in [-0.39, 0.29) is 12.0 Å². The molecule has 1 aliphatic heterocycles. The number of hydrogen-bond acceptors (Lipinski definition) is 6. The average molecular weight is 533 g/mol. The van der Waals surface area contributed by atoms with Crippen molar-refractivity contribution in [3.05, 3.63) is 51.9 Å². The van der Waals surface area contributed by atoms with E-state index in [1.54, 1.807) is 23.2 Å². The van der Waals surface area contributed by atoms with Crippen LogP contribution in [0.3, 0.4) is 0 Å². The van der Waals surface area contributed by atoms with Crippen LogP contribution in [-0.4, -0.2) is 68.7 Å². The van der Waals surface area contributed by atoms with E-state index in [4.69, 9.17) is 4.98 Å². The quantitative estimate of drug-likeness (QED) is 0.475. The number of amides is 2. The number of anilines is 1. The number of carbonyl (C=O) groups excluding carboxylic acids is 2. The van der Waals surface area contributed by atoms with Gasteiger partial charge < -0.3 is 19.5 Å². The summed E-state index contributed by atoms with van der Waals surface area (Å²) in [6.45, 7) is 9.14. The molecule has 0 unspecified atom stereocenters. The maximum absolute atomic E-state index is 13.4. The molecule has 2 amide bonds. The molecule has 0 bridgehead atoms. The second-order valence-electron chi connectivity index (χ2n) is 11.9. The predicted molar refractivity (Wildman–Crippen MR) is 150 cm³/mol. The van der Waals surface area contributed by atoms with Gasteiger partial charge in [0.05, 0.1) is 16.7 Å². The number of fused-ring (bicyclic) bond motifs is 2. The van der Waals surface area contributed by atoms with Crippen LogP contribution in [-0.2, 0) is 16.0 Å². The van der Waals surface area contributed by atoms with Crippen LogP contribution < -0.4 is 5.32 Å². The average Bonchev–Trinajstić information content (AvgIpc) is 3.48. The molecule has 1 N–H and O–H groups in total. The number of carbonyl (C=O) groups is 2. The number of aromatic nitrogens is 3. The molecule has 3 aromatic heterocycles. The van der Waals surface area contributed by atoms with Crippen molar-refractivity contribution in [2.45, 2.75) is 58.4 Å². The molecule has 0 radical (unpaired) electrons. The molecule has 2 fully saturated rings. The Morgan fingerprint density at radius 3 is 2.74 bits per heavy atom. The highest BCUT2D eigenvalue weighted by atomic mass is 32.1. The fourth-order valence-electron chi connectivity index (χ4n) is 6.51. The lowest BCUT2D eigenvalue weighted by Crippen LogP contribution is -2.59. The Bertz CT molecular complexity index is 1410. The second-order valence-corrected chi connectivity index (χ2v) is 13.1. The number of nitrogens with zero attached hydrogens (tertiary/aromatic N) is 5. The molecular formula is C29H36N6O2S. The van der Waals surface area contributed by atoms with E-state index in [0.717, 1.165) is 18.5 Å². The van der Waals surface area contributed by atoms with E-state index in [2.05, 4.69) is 42.2 Å². The molecule has 1 saturated carbocycles. The zero-order valence-electron chi connectivity index (χ0n) is 22.6. The van der Waals surface area contributed by atoms with E-state index in [0.29, 0.717) is 29.2 Å². The van der Waals surface area contributed by atoms with Crippen LogP contribution in [0.5, 0.6) is 0 Å². The molecule has 2 aliphatic carbocycles. The van der Waals surface area contributed by atoms with Gasteiger partial charge in [-0.15, -0.1) is 11.3 Å². The summed E-state index contributed by atoms with van der Waals surface area (Å²) in [4.78, 5) is 41.3. The number of imidazole rings is 1. The summed E-state index contributed by atoms with van der Waals surface area (Å²) in [6.07, 6.45) is 11.9. The van der Waals surface area contributed by atoms with Crippen molar-refractivity contribution < 1.29 is 9.59 Å². The maximum atomic E-state index is 13.4. The van der Waals surface area contributed by atoms with Gasteiger partial charge >= 0.3 is 11.8 Å². The summed E-state index contributed by atoms with van der Waals surface area (Å²) in [6, 6.07) is 3.36. The fraction of sp³-hybridized carbons (Fsp3) is 0.517.